The fraction of sp³-hybridized carbons (Fsp3) is 0.190. The van der Waals surface area contributed by atoms with E-state index in [0.717, 1.165) is 34.4 Å². The third kappa shape index (κ3) is 3.52. The Balaban J connectivity index is 1.39. The highest BCUT2D eigenvalue weighted by Gasteiger charge is 2.28. The predicted molar refractivity (Wildman–Crippen MR) is 110 cm³/mol. The standard InChI is InChI=1S/C21H20N8/c1-15-10-16(27-26-15)11-19-23-13-24-20(25-19)12-28-14-29(17-6-3-2-4-7-17)21-18(28)8-5-9-22-21/h2-10,13H,11-12,14H2,1H3,(H,26,27). The lowest BCUT2D eigenvalue weighted by Gasteiger charge is -2.20. The predicted octanol–water partition coefficient (Wildman–Crippen LogP) is 3.00. The number of aryl methyl sites for hydroxylation is 1. The van der Waals surface area contributed by atoms with Crippen LogP contribution < -0.4 is 9.80 Å². The normalized spacial score (nSPS) is 13.0. The van der Waals surface area contributed by atoms with Gasteiger partial charge in [-0.15, -0.1) is 0 Å². The second-order valence-electron chi connectivity index (χ2n) is 6.99. The summed E-state index contributed by atoms with van der Waals surface area (Å²) in [5, 5.41) is 7.22. The first kappa shape index (κ1) is 17.3. The first-order chi connectivity index (χ1) is 14.3. The van der Waals surface area contributed by atoms with Crippen LogP contribution in [0.15, 0.2) is 61.1 Å². The van der Waals surface area contributed by atoms with E-state index < -0.39 is 0 Å². The van der Waals surface area contributed by atoms with Crippen LogP contribution in [-0.2, 0) is 13.0 Å². The molecule has 0 unspecified atom stereocenters. The number of rotatable bonds is 5. The van der Waals surface area contributed by atoms with E-state index in [9.17, 15) is 0 Å². The molecule has 1 aliphatic rings. The van der Waals surface area contributed by atoms with Crippen molar-refractivity contribution in [2.45, 2.75) is 19.9 Å². The topological polar surface area (TPSA) is 86.7 Å². The number of hydrogen-bond acceptors (Lipinski definition) is 7. The van der Waals surface area contributed by atoms with E-state index in [0.29, 0.717) is 25.5 Å². The van der Waals surface area contributed by atoms with Gasteiger partial charge in [-0.3, -0.25) is 5.10 Å². The van der Waals surface area contributed by atoms with Crippen LogP contribution in [0, 0.1) is 6.92 Å². The summed E-state index contributed by atoms with van der Waals surface area (Å²) in [6.07, 6.45) is 3.98. The van der Waals surface area contributed by atoms with E-state index in [2.05, 4.69) is 58.1 Å². The molecule has 5 rings (SSSR count). The minimum Gasteiger partial charge on any atom is -0.343 e. The lowest BCUT2D eigenvalue weighted by Crippen LogP contribution is -2.28. The van der Waals surface area contributed by atoms with Gasteiger partial charge in [-0.1, -0.05) is 18.2 Å². The van der Waals surface area contributed by atoms with Crippen molar-refractivity contribution in [2.24, 2.45) is 0 Å². The highest BCUT2D eigenvalue weighted by atomic mass is 15.4. The Kier molecular flexibility index (Phi) is 4.36. The number of aromatic nitrogens is 6. The van der Waals surface area contributed by atoms with Crippen LogP contribution in [0.2, 0.25) is 0 Å². The zero-order chi connectivity index (χ0) is 19.6. The highest BCUT2D eigenvalue weighted by Crippen LogP contribution is 2.38. The van der Waals surface area contributed by atoms with E-state index in [4.69, 9.17) is 0 Å². The lowest BCUT2D eigenvalue weighted by molar-refractivity contribution is 0.752. The average Bonchev–Trinajstić information content (AvgIpc) is 3.33. The number of H-pyrrole nitrogens is 1. The quantitative estimate of drug-likeness (QED) is 0.566. The molecule has 0 saturated heterocycles. The van der Waals surface area contributed by atoms with Gasteiger partial charge in [-0.2, -0.15) is 5.10 Å². The minimum absolute atomic E-state index is 0.578. The summed E-state index contributed by atoms with van der Waals surface area (Å²) >= 11 is 0. The number of anilines is 3. The Bertz CT molecular complexity index is 1120. The van der Waals surface area contributed by atoms with Crippen LogP contribution >= 0.6 is 0 Å². The molecular formula is C21H20N8. The van der Waals surface area contributed by atoms with Crippen LogP contribution in [0.4, 0.5) is 17.2 Å². The summed E-state index contributed by atoms with van der Waals surface area (Å²) in [6, 6.07) is 16.3. The van der Waals surface area contributed by atoms with Gasteiger partial charge in [0.25, 0.3) is 0 Å². The van der Waals surface area contributed by atoms with E-state index in [-0.39, 0.29) is 0 Å². The summed E-state index contributed by atoms with van der Waals surface area (Å²) in [5.74, 6) is 2.39. The van der Waals surface area contributed by atoms with Gasteiger partial charge < -0.3 is 9.80 Å². The zero-order valence-corrected chi connectivity index (χ0v) is 16.0. The van der Waals surface area contributed by atoms with Gasteiger partial charge in [0, 0.05) is 17.6 Å². The second kappa shape index (κ2) is 7.31. The molecule has 1 N–H and O–H groups in total. The number of nitrogens with zero attached hydrogens (tertiary/aromatic N) is 7. The first-order valence-electron chi connectivity index (χ1n) is 9.46. The highest BCUT2D eigenvalue weighted by molar-refractivity contribution is 5.78. The fourth-order valence-corrected chi connectivity index (χ4v) is 3.53. The summed E-state index contributed by atoms with van der Waals surface area (Å²) < 4.78 is 0. The third-order valence-electron chi connectivity index (χ3n) is 4.84. The average molecular weight is 384 g/mol. The molecule has 0 saturated carbocycles. The second-order valence-corrected chi connectivity index (χ2v) is 6.99. The number of hydrogen-bond donors (Lipinski definition) is 1. The van der Waals surface area contributed by atoms with Crippen molar-refractivity contribution in [3.05, 3.63) is 84.1 Å². The van der Waals surface area contributed by atoms with Crippen molar-refractivity contribution >= 4 is 17.2 Å². The fourth-order valence-electron chi connectivity index (χ4n) is 3.53. The minimum atomic E-state index is 0.578. The largest absolute Gasteiger partial charge is 0.343 e. The van der Waals surface area contributed by atoms with Crippen LogP contribution in [0.1, 0.15) is 23.0 Å². The summed E-state index contributed by atoms with van der Waals surface area (Å²) in [6.45, 7) is 3.25. The Morgan fingerprint density at radius 3 is 2.69 bits per heavy atom. The van der Waals surface area contributed by atoms with Crippen LogP contribution in [-0.4, -0.2) is 36.8 Å². The van der Waals surface area contributed by atoms with E-state index in [1.54, 1.807) is 6.33 Å². The molecule has 4 aromatic rings. The molecule has 0 bridgehead atoms. The number of pyridine rings is 1. The Labute approximate surface area is 168 Å². The van der Waals surface area contributed by atoms with E-state index >= 15 is 0 Å². The number of para-hydroxylation sites is 1. The molecule has 8 nitrogen and oxygen atoms in total. The van der Waals surface area contributed by atoms with Gasteiger partial charge >= 0.3 is 0 Å². The maximum absolute atomic E-state index is 4.65. The smallest absolute Gasteiger partial charge is 0.158 e. The van der Waals surface area contributed by atoms with E-state index in [1.807, 2.05) is 43.5 Å². The monoisotopic (exact) mass is 384 g/mol. The maximum atomic E-state index is 4.65. The van der Waals surface area contributed by atoms with Gasteiger partial charge in [-0.25, -0.2) is 19.9 Å². The van der Waals surface area contributed by atoms with Crippen LogP contribution in [0.5, 0.6) is 0 Å². The van der Waals surface area contributed by atoms with Crippen LogP contribution in [0.3, 0.4) is 0 Å². The van der Waals surface area contributed by atoms with Crippen molar-refractivity contribution in [1.29, 1.82) is 0 Å². The molecule has 1 aliphatic heterocycles. The molecule has 29 heavy (non-hydrogen) atoms. The molecule has 0 fully saturated rings. The van der Waals surface area contributed by atoms with Crippen LogP contribution in [0.25, 0.3) is 0 Å². The molecule has 144 valence electrons. The number of aromatic amines is 1. The maximum Gasteiger partial charge on any atom is 0.158 e. The summed E-state index contributed by atoms with van der Waals surface area (Å²) in [7, 11) is 0. The Hall–Kier alpha value is -3.81. The number of fused-ring (bicyclic) bond motifs is 1. The number of benzene rings is 1. The van der Waals surface area contributed by atoms with Gasteiger partial charge in [0.05, 0.1) is 31.0 Å². The lowest BCUT2D eigenvalue weighted by atomic mass is 10.3. The third-order valence-corrected chi connectivity index (χ3v) is 4.84. The van der Waals surface area contributed by atoms with Gasteiger partial charge in [-0.05, 0) is 37.3 Å². The summed E-state index contributed by atoms with van der Waals surface area (Å²) in [4.78, 5) is 22.4. The molecule has 3 aromatic heterocycles. The van der Waals surface area contributed by atoms with E-state index in [1.165, 1.54) is 0 Å². The molecule has 0 radical (unpaired) electrons. The first-order valence-corrected chi connectivity index (χ1v) is 9.46. The van der Waals surface area contributed by atoms with Crippen molar-refractivity contribution in [2.75, 3.05) is 16.5 Å². The van der Waals surface area contributed by atoms with Crippen molar-refractivity contribution < 1.29 is 0 Å². The molecule has 0 atom stereocenters. The zero-order valence-electron chi connectivity index (χ0n) is 16.0. The molecule has 0 spiro atoms. The molecular weight excluding hydrogens is 364 g/mol. The summed E-state index contributed by atoms with van der Waals surface area (Å²) in [5.41, 5.74) is 4.13. The Morgan fingerprint density at radius 2 is 1.86 bits per heavy atom. The van der Waals surface area contributed by atoms with Gasteiger partial charge in [0.15, 0.2) is 11.6 Å². The molecule has 0 amide bonds. The van der Waals surface area contributed by atoms with Crippen molar-refractivity contribution in [3.8, 4) is 0 Å². The molecule has 8 heteroatoms. The SMILES string of the molecule is Cc1cc(Cc2ncnc(CN3CN(c4ccccc4)c4ncccc43)n2)n[nH]1. The van der Waals surface area contributed by atoms with Crippen molar-refractivity contribution in [1.82, 2.24) is 30.1 Å². The van der Waals surface area contributed by atoms with Gasteiger partial charge in [0.1, 0.15) is 12.2 Å². The Morgan fingerprint density at radius 1 is 1.00 bits per heavy atom. The number of nitrogens with one attached hydrogen (secondary N) is 1. The molecule has 1 aromatic carbocycles. The molecule has 4 heterocycles. The molecule has 0 aliphatic carbocycles. The van der Waals surface area contributed by atoms with Gasteiger partial charge in [0.2, 0.25) is 0 Å². The van der Waals surface area contributed by atoms with Crippen molar-refractivity contribution in [3.63, 3.8) is 0 Å².